The van der Waals surface area contributed by atoms with Crippen LogP contribution in [0.1, 0.15) is 34.8 Å². The molecular weight excluding hydrogens is 292 g/mol. The molecule has 0 spiro atoms. The van der Waals surface area contributed by atoms with E-state index in [2.05, 4.69) is 4.98 Å². The monoisotopic (exact) mass is 308 g/mol. The van der Waals surface area contributed by atoms with E-state index < -0.39 is 0 Å². The molecule has 0 atom stereocenters. The van der Waals surface area contributed by atoms with Gasteiger partial charge in [-0.3, -0.25) is 4.79 Å². The zero-order valence-corrected chi connectivity index (χ0v) is 13.2. The van der Waals surface area contributed by atoms with Gasteiger partial charge in [0.1, 0.15) is 4.88 Å². The zero-order valence-electron chi connectivity index (χ0n) is 11.6. The van der Waals surface area contributed by atoms with Crippen molar-refractivity contribution in [3.63, 3.8) is 0 Å². The summed E-state index contributed by atoms with van der Waals surface area (Å²) in [6, 6.07) is 7.62. The molecule has 0 unspecified atom stereocenters. The summed E-state index contributed by atoms with van der Waals surface area (Å²) in [4.78, 5) is 19.4. The molecule has 0 saturated heterocycles. The smallest absolute Gasteiger partial charge is 0.266 e. The van der Waals surface area contributed by atoms with Gasteiger partial charge in [0, 0.05) is 18.1 Å². The lowest BCUT2D eigenvalue weighted by atomic mass is 10.2. The van der Waals surface area contributed by atoms with Crippen molar-refractivity contribution in [2.75, 3.05) is 6.54 Å². The number of hydrogen-bond donors (Lipinski definition) is 0. The van der Waals surface area contributed by atoms with Crippen molar-refractivity contribution >= 4 is 28.8 Å². The Morgan fingerprint density at radius 3 is 2.75 bits per heavy atom. The fraction of sp³-hybridized carbons (Fsp3) is 0.333. The number of carbonyl (C=O) groups is 1. The third kappa shape index (κ3) is 3.19. The van der Waals surface area contributed by atoms with Crippen molar-refractivity contribution in [3.8, 4) is 0 Å². The second-order valence-corrected chi connectivity index (χ2v) is 5.65. The first-order valence-corrected chi connectivity index (χ1v) is 7.88. The maximum Gasteiger partial charge on any atom is 0.266 e. The summed E-state index contributed by atoms with van der Waals surface area (Å²) < 4.78 is 0. The van der Waals surface area contributed by atoms with E-state index in [-0.39, 0.29) is 5.91 Å². The Morgan fingerprint density at radius 2 is 2.10 bits per heavy atom. The van der Waals surface area contributed by atoms with Crippen LogP contribution < -0.4 is 0 Å². The van der Waals surface area contributed by atoms with E-state index >= 15 is 0 Å². The van der Waals surface area contributed by atoms with E-state index in [0.717, 1.165) is 22.6 Å². The molecule has 0 saturated carbocycles. The van der Waals surface area contributed by atoms with E-state index in [1.807, 2.05) is 38.1 Å². The van der Waals surface area contributed by atoms with Gasteiger partial charge in [-0.2, -0.15) is 0 Å². The van der Waals surface area contributed by atoms with Crippen LogP contribution in [0.4, 0.5) is 0 Å². The maximum atomic E-state index is 12.6. The Bertz CT molecular complexity index is 597. The highest BCUT2D eigenvalue weighted by atomic mass is 35.5. The summed E-state index contributed by atoms with van der Waals surface area (Å²) in [5.74, 6) is 0.0340. The van der Waals surface area contributed by atoms with E-state index in [9.17, 15) is 4.79 Å². The molecule has 1 amide bonds. The number of aryl methyl sites for hydroxylation is 1. The molecule has 3 nitrogen and oxygen atoms in total. The van der Waals surface area contributed by atoms with Gasteiger partial charge in [-0.05, 0) is 25.0 Å². The van der Waals surface area contributed by atoms with Crippen molar-refractivity contribution in [2.24, 2.45) is 0 Å². The summed E-state index contributed by atoms with van der Waals surface area (Å²) in [7, 11) is 0. The zero-order chi connectivity index (χ0) is 14.5. The van der Waals surface area contributed by atoms with Gasteiger partial charge >= 0.3 is 0 Å². The second kappa shape index (κ2) is 6.86. The number of thiazole rings is 1. The number of benzene rings is 1. The Hall–Kier alpha value is -1.39. The van der Waals surface area contributed by atoms with Crippen LogP contribution in [-0.4, -0.2) is 22.3 Å². The molecule has 1 aromatic heterocycles. The number of amides is 1. The Kier molecular flexibility index (Phi) is 5.15. The average Bonchev–Trinajstić information content (AvgIpc) is 2.94. The van der Waals surface area contributed by atoms with E-state index in [4.69, 9.17) is 11.6 Å². The quantitative estimate of drug-likeness (QED) is 0.836. The van der Waals surface area contributed by atoms with Gasteiger partial charge < -0.3 is 4.90 Å². The van der Waals surface area contributed by atoms with E-state index in [0.29, 0.717) is 18.1 Å². The minimum atomic E-state index is 0.0340. The molecule has 0 aliphatic heterocycles. The number of carbonyl (C=O) groups excluding carboxylic acids is 1. The lowest BCUT2D eigenvalue weighted by Crippen LogP contribution is -2.30. The first kappa shape index (κ1) is 15.0. The van der Waals surface area contributed by atoms with Gasteiger partial charge in [0.05, 0.1) is 11.2 Å². The number of hydrogen-bond acceptors (Lipinski definition) is 3. The molecule has 0 radical (unpaired) electrons. The fourth-order valence-electron chi connectivity index (χ4n) is 2.00. The standard InChI is InChI=1S/C15H17ClN2OS/c1-3-13-14(20-10-17-13)15(19)18(4-2)9-11-7-5-6-8-12(11)16/h5-8,10H,3-4,9H2,1-2H3. The van der Waals surface area contributed by atoms with Crippen LogP contribution >= 0.6 is 22.9 Å². The molecule has 0 N–H and O–H groups in total. The summed E-state index contributed by atoms with van der Waals surface area (Å²) >= 11 is 7.57. The SMILES string of the molecule is CCc1ncsc1C(=O)N(CC)Cc1ccccc1Cl. The minimum absolute atomic E-state index is 0.0340. The molecule has 20 heavy (non-hydrogen) atoms. The Balaban J connectivity index is 2.20. The Labute approximate surface area is 128 Å². The molecule has 0 bridgehead atoms. The average molecular weight is 309 g/mol. The van der Waals surface area contributed by atoms with Crippen LogP contribution in [0.25, 0.3) is 0 Å². The highest BCUT2D eigenvalue weighted by molar-refractivity contribution is 7.11. The van der Waals surface area contributed by atoms with Gasteiger partial charge in [-0.15, -0.1) is 11.3 Å². The third-order valence-corrected chi connectivity index (χ3v) is 4.38. The molecule has 106 valence electrons. The summed E-state index contributed by atoms with van der Waals surface area (Å²) in [5.41, 5.74) is 3.57. The number of aromatic nitrogens is 1. The molecule has 0 aliphatic carbocycles. The lowest BCUT2D eigenvalue weighted by molar-refractivity contribution is 0.0756. The fourth-order valence-corrected chi connectivity index (χ4v) is 3.04. The number of rotatable bonds is 5. The van der Waals surface area contributed by atoms with Crippen molar-refractivity contribution in [3.05, 3.63) is 50.9 Å². The molecule has 0 aliphatic rings. The molecular formula is C15H17ClN2OS. The maximum absolute atomic E-state index is 12.6. The highest BCUT2D eigenvalue weighted by Crippen LogP contribution is 2.21. The number of nitrogens with zero attached hydrogens (tertiary/aromatic N) is 2. The van der Waals surface area contributed by atoms with Crippen LogP contribution in [0.3, 0.4) is 0 Å². The molecule has 1 heterocycles. The van der Waals surface area contributed by atoms with Crippen LogP contribution in [0, 0.1) is 0 Å². The minimum Gasteiger partial charge on any atom is -0.334 e. The molecule has 5 heteroatoms. The van der Waals surface area contributed by atoms with Gasteiger partial charge in [0.25, 0.3) is 5.91 Å². The van der Waals surface area contributed by atoms with Gasteiger partial charge in [-0.25, -0.2) is 4.98 Å². The largest absolute Gasteiger partial charge is 0.334 e. The normalized spacial score (nSPS) is 10.6. The summed E-state index contributed by atoms with van der Waals surface area (Å²) in [5, 5.41) is 0.693. The summed E-state index contributed by atoms with van der Waals surface area (Å²) in [6.45, 7) is 5.15. The predicted molar refractivity (Wildman–Crippen MR) is 83.4 cm³/mol. The van der Waals surface area contributed by atoms with Crippen LogP contribution in [0.15, 0.2) is 29.8 Å². The van der Waals surface area contributed by atoms with Gasteiger partial charge in [0.2, 0.25) is 0 Å². The third-order valence-electron chi connectivity index (χ3n) is 3.16. The second-order valence-electron chi connectivity index (χ2n) is 4.39. The Morgan fingerprint density at radius 1 is 1.35 bits per heavy atom. The van der Waals surface area contributed by atoms with Crippen LogP contribution in [0.5, 0.6) is 0 Å². The molecule has 2 aromatic rings. The summed E-state index contributed by atoms with van der Waals surface area (Å²) in [6.07, 6.45) is 0.772. The lowest BCUT2D eigenvalue weighted by Gasteiger charge is -2.21. The van der Waals surface area contributed by atoms with Gasteiger partial charge in [0.15, 0.2) is 0 Å². The topological polar surface area (TPSA) is 33.2 Å². The molecule has 2 rings (SSSR count). The van der Waals surface area contributed by atoms with Crippen molar-refractivity contribution in [1.82, 2.24) is 9.88 Å². The van der Waals surface area contributed by atoms with Crippen molar-refractivity contribution in [1.29, 1.82) is 0 Å². The predicted octanol–water partition coefficient (Wildman–Crippen LogP) is 4.02. The van der Waals surface area contributed by atoms with Crippen LogP contribution in [0.2, 0.25) is 5.02 Å². The molecule has 0 fully saturated rings. The van der Waals surface area contributed by atoms with E-state index in [1.165, 1.54) is 11.3 Å². The first-order valence-electron chi connectivity index (χ1n) is 6.62. The van der Waals surface area contributed by atoms with Gasteiger partial charge in [-0.1, -0.05) is 36.7 Å². The van der Waals surface area contributed by atoms with Crippen LogP contribution in [-0.2, 0) is 13.0 Å². The highest BCUT2D eigenvalue weighted by Gasteiger charge is 2.20. The molecule has 1 aromatic carbocycles. The first-order chi connectivity index (χ1) is 9.67. The van der Waals surface area contributed by atoms with Crippen molar-refractivity contribution in [2.45, 2.75) is 26.8 Å². The number of halogens is 1. The van der Waals surface area contributed by atoms with E-state index in [1.54, 1.807) is 10.4 Å². The van der Waals surface area contributed by atoms with Crippen molar-refractivity contribution < 1.29 is 4.79 Å².